The molecular formula is C29H33BrN4O3. The zero-order valence-corrected chi connectivity index (χ0v) is 23.1. The second-order valence-electron chi connectivity index (χ2n) is 9.54. The van der Waals surface area contributed by atoms with Gasteiger partial charge in [-0.2, -0.15) is 0 Å². The first-order valence-electron chi connectivity index (χ1n) is 12.5. The van der Waals surface area contributed by atoms with Crippen molar-refractivity contribution in [3.8, 4) is 5.88 Å². The molecule has 0 saturated carbocycles. The largest absolute Gasteiger partial charge is 0.474 e. The van der Waals surface area contributed by atoms with E-state index in [1.54, 1.807) is 18.3 Å². The van der Waals surface area contributed by atoms with Gasteiger partial charge in [-0.1, -0.05) is 23.8 Å². The van der Waals surface area contributed by atoms with Crippen LogP contribution in [0.25, 0.3) is 0 Å². The van der Waals surface area contributed by atoms with Crippen molar-refractivity contribution in [3.63, 3.8) is 0 Å². The van der Waals surface area contributed by atoms with Gasteiger partial charge in [-0.25, -0.2) is 4.98 Å². The summed E-state index contributed by atoms with van der Waals surface area (Å²) in [5.41, 5.74) is 4.08. The van der Waals surface area contributed by atoms with Crippen molar-refractivity contribution in [1.29, 1.82) is 0 Å². The number of benzene rings is 2. The molecule has 8 heteroatoms. The van der Waals surface area contributed by atoms with Gasteiger partial charge in [0.2, 0.25) is 5.88 Å². The zero-order valence-electron chi connectivity index (χ0n) is 21.5. The number of nitrogens with zero attached hydrogens (tertiary/aromatic N) is 3. The van der Waals surface area contributed by atoms with E-state index in [0.29, 0.717) is 49.5 Å². The number of hydrogen-bond donors (Lipinski definition) is 1. The lowest BCUT2D eigenvalue weighted by molar-refractivity contribution is 0.0584. The molecule has 0 unspecified atom stereocenters. The van der Waals surface area contributed by atoms with E-state index in [1.165, 1.54) is 0 Å². The summed E-state index contributed by atoms with van der Waals surface area (Å²) < 4.78 is 6.88. The quantitative estimate of drug-likeness (QED) is 0.422. The highest BCUT2D eigenvalue weighted by molar-refractivity contribution is 9.10. The van der Waals surface area contributed by atoms with Crippen molar-refractivity contribution in [2.24, 2.45) is 0 Å². The Morgan fingerprint density at radius 1 is 1.05 bits per heavy atom. The van der Waals surface area contributed by atoms with Crippen LogP contribution in [-0.4, -0.2) is 61.5 Å². The summed E-state index contributed by atoms with van der Waals surface area (Å²) in [5.74, 6) is 0.236. The van der Waals surface area contributed by atoms with Crippen LogP contribution in [-0.2, 0) is 6.42 Å². The number of carbonyl (C=O) groups is 2. The Morgan fingerprint density at radius 2 is 1.78 bits per heavy atom. The lowest BCUT2D eigenvalue weighted by Crippen LogP contribution is -2.42. The lowest BCUT2D eigenvalue weighted by Gasteiger charge is -2.32. The summed E-state index contributed by atoms with van der Waals surface area (Å²) in [4.78, 5) is 34.6. The maximum Gasteiger partial charge on any atom is 0.254 e. The molecule has 37 heavy (non-hydrogen) atoms. The highest BCUT2D eigenvalue weighted by Crippen LogP contribution is 2.22. The number of ether oxygens (including phenoxy) is 1. The fourth-order valence-electron chi connectivity index (χ4n) is 4.36. The Bertz CT molecular complexity index is 1220. The van der Waals surface area contributed by atoms with Gasteiger partial charge in [0.15, 0.2) is 0 Å². The Morgan fingerprint density at radius 3 is 2.43 bits per heavy atom. The molecule has 3 aromatic rings. The molecule has 1 N–H and O–H groups in total. The highest BCUT2D eigenvalue weighted by atomic mass is 79.9. The first-order chi connectivity index (χ1) is 17.8. The minimum Gasteiger partial charge on any atom is -0.474 e. The number of carbonyl (C=O) groups excluding carboxylic acids is 2. The van der Waals surface area contributed by atoms with E-state index in [4.69, 9.17) is 4.74 Å². The van der Waals surface area contributed by atoms with Crippen LogP contribution in [0.5, 0.6) is 5.88 Å². The van der Waals surface area contributed by atoms with E-state index < -0.39 is 0 Å². The number of aryl methyl sites for hydroxylation is 1. The normalized spacial score (nSPS) is 13.8. The second-order valence-corrected chi connectivity index (χ2v) is 10.5. The molecule has 1 fully saturated rings. The number of nitrogens with one attached hydrogen (secondary N) is 1. The monoisotopic (exact) mass is 564 g/mol. The predicted molar refractivity (Wildman–Crippen MR) is 149 cm³/mol. The van der Waals surface area contributed by atoms with Crippen LogP contribution in [0.15, 0.2) is 65.3 Å². The number of piperidine rings is 1. The second kappa shape index (κ2) is 12.2. The van der Waals surface area contributed by atoms with Gasteiger partial charge in [0, 0.05) is 69.0 Å². The van der Waals surface area contributed by atoms with Crippen LogP contribution in [0, 0.1) is 6.92 Å². The average molecular weight is 566 g/mol. The van der Waals surface area contributed by atoms with Crippen molar-refractivity contribution < 1.29 is 14.3 Å². The fourth-order valence-corrected chi connectivity index (χ4v) is 4.59. The molecule has 0 radical (unpaired) electrons. The van der Waals surface area contributed by atoms with E-state index in [2.05, 4.69) is 55.4 Å². The highest BCUT2D eigenvalue weighted by Gasteiger charge is 2.27. The molecule has 2 amide bonds. The van der Waals surface area contributed by atoms with Crippen molar-refractivity contribution in [3.05, 3.63) is 87.5 Å². The van der Waals surface area contributed by atoms with E-state index in [1.807, 2.05) is 44.1 Å². The SMILES string of the molecule is Cc1ccc(C(=O)N2CCC(Oc3ccc(Br)cn3)CC2)c(C(=O)NCCc2ccc(N(C)C)cc2)c1. The lowest BCUT2D eigenvalue weighted by atomic mass is 10.0. The maximum atomic E-state index is 13.4. The fraction of sp³-hybridized carbons (Fsp3) is 0.345. The number of amides is 2. The van der Waals surface area contributed by atoms with Gasteiger partial charge in [-0.05, 0) is 65.2 Å². The predicted octanol–water partition coefficient (Wildman–Crippen LogP) is 4.87. The van der Waals surface area contributed by atoms with E-state index in [9.17, 15) is 9.59 Å². The summed E-state index contributed by atoms with van der Waals surface area (Å²) >= 11 is 3.38. The number of pyridine rings is 1. The van der Waals surface area contributed by atoms with Crippen LogP contribution in [0.4, 0.5) is 5.69 Å². The molecule has 1 saturated heterocycles. The number of halogens is 1. The topological polar surface area (TPSA) is 74.8 Å². The smallest absolute Gasteiger partial charge is 0.254 e. The molecule has 4 rings (SSSR count). The minimum absolute atomic E-state index is 0.00491. The molecule has 1 aromatic heterocycles. The van der Waals surface area contributed by atoms with Crippen molar-refractivity contribution in [2.75, 3.05) is 38.6 Å². The van der Waals surface area contributed by atoms with Crippen molar-refractivity contribution in [2.45, 2.75) is 32.3 Å². The van der Waals surface area contributed by atoms with E-state index >= 15 is 0 Å². The van der Waals surface area contributed by atoms with Gasteiger partial charge < -0.3 is 19.9 Å². The third-order valence-electron chi connectivity index (χ3n) is 6.52. The van der Waals surface area contributed by atoms with Crippen LogP contribution in [0.3, 0.4) is 0 Å². The summed E-state index contributed by atoms with van der Waals surface area (Å²) in [6.45, 7) is 3.56. The molecule has 0 atom stereocenters. The Kier molecular flexibility index (Phi) is 8.82. The Labute approximate surface area is 227 Å². The Hall–Kier alpha value is -3.39. The third-order valence-corrected chi connectivity index (χ3v) is 6.99. The molecule has 0 spiro atoms. The van der Waals surface area contributed by atoms with Gasteiger partial charge in [-0.3, -0.25) is 9.59 Å². The molecule has 0 aliphatic carbocycles. The molecule has 1 aliphatic rings. The zero-order chi connectivity index (χ0) is 26.4. The number of rotatable bonds is 8. The van der Waals surface area contributed by atoms with Gasteiger partial charge in [-0.15, -0.1) is 0 Å². The molecule has 194 valence electrons. The molecule has 0 bridgehead atoms. The summed E-state index contributed by atoms with van der Waals surface area (Å²) in [7, 11) is 4.01. The molecule has 2 heterocycles. The van der Waals surface area contributed by atoms with Gasteiger partial charge in [0.25, 0.3) is 11.8 Å². The summed E-state index contributed by atoms with van der Waals surface area (Å²) in [6, 6.07) is 17.4. The maximum absolute atomic E-state index is 13.4. The van der Waals surface area contributed by atoms with Crippen LogP contribution in [0.1, 0.15) is 44.7 Å². The summed E-state index contributed by atoms with van der Waals surface area (Å²) in [6.07, 6.45) is 3.85. The van der Waals surface area contributed by atoms with Crippen LogP contribution < -0.4 is 15.0 Å². The van der Waals surface area contributed by atoms with Crippen molar-refractivity contribution in [1.82, 2.24) is 15.2 Å². The average Bonchev–Trinajstić information content (AvgIpc) is 2.90. The first kappa shape index (κ1) is 26.7. The standard InChI is InChI=1S/C29H33BrN4O3/c1-20-4-10-25(26(18-20)28(35)31-15-12-21-5-8-23(9-6-21)33(2)3)29(36)34-16-13-24(14-17-34)37-27-11-7-22(30)19-32-27/h4-11,18-19,24H,12-17H2,1-3H3,(H,31,35). The first-order valence-corrected chi connectivity index (χ1v) is 13.3. The molecule has 7 nitrogen and oxygen atoms in total. The Balaban J connectivity index is 1.34. The number of anilines is 1. The number of hydrogen-bond acceptors (Lipinski definition) is 5. The van der Waals surface area contributed by atoms with Gasteiger partial charge >= 0.3 is 0 Å². The van der Waals surface area contributed by atoms with Crippen LogP contribution in [0.2, 0.25) is 0 Å². The van der Waals surface area contributed by atoms with Gasteiger partial charge in [0.1, 0.15) is 6.10 Å². The number of aromatic nitrogens is 1. The minimum atomic E-state index is -0.225. The third kappa shape index (κ3) is 7.10. The van der Waals surface area contributed by atoms with Crippen LogP contribution >= 0.6 is 15.9 Å². The summed E-state index contributed by atoms with van der Waals surface area (Å²) in [5, 5.41) is 3.00. The molecule has 2 aromatic carbocycles. The molecule has 1 aliphatic heterocycles. The van der Waals surface area contributed by atoms with E-state index in [0.717, 1.165) is 27.7 Å². The molecular weight excluding hydrogens is 532 g/mol. The van der Waals surface area contributed by atoms with Gasteiger partial charge in [0.05, 0.1) is 11.1 Å². The van der Waals surface area contributed by atoms with Crippen molar-refractivity contribution >= 4 is 33.4 Å². The van der Waals surface area contributed by atoms with E-state index in [-0.39, 0.29) is 17.9 Å². The number of likely N-dealkylation sites (tertiary alicyclic amines) is 1.